The molecule has 0 bridgehead atoms. The van der Waals surface area contributed by atoms with E-state index in [0.717, 1.165) is 10.9 Å². The first-order chi connectivity index (χ1) is 9.77. The summed E-state index contributed by atoms with van der Waals surface area (Å²) in [5.41, 5.74) is 1.50. The van der Waals surface area contributed by atoms with Crippen LogP contribution in [0, 0.1) is 22.7 Å². The lowest BCUT2D eigenvalue weighted by atomic mass is 10.1. The van der Waals surface area contributed by atoms with E-state index in [0.29, 0.717) is 18.7 Å². The first kappa shape index (κ1) is 13.6. The Morgan fingerprint density at radius 3 is 2.50 bits per heavy atom. The van der Waals surface area contributed by atoms with Gasteiger partial charge >= 0.3 is 0 Å². The highest BCUT2D eigenvalue weighted by molar-refractivity contribution is 6.06. The van der Waals surface area contributed by atoms with Gasteiger partial charge in [-0.1, -0.05) is 6.07 Å². The molecule has 1 aromatic heterocycles. The third-order valence-corrected chi connectivity index (χ3v) is 3.10. The Morgan fingerprint density at radius 1 is 1.15 bits per heavy atom. The standard InChI is InChI=1S/C15H14N4O/c16-7-2-10-19(11-3-8-17)15(20)13-4-1-5-14-12(13)6-9-18-14/h1,4-6,9,18H,2-3,10-11H2. The van der Waals surface area contributed by atoms with E-state index in [-0.39, 0.29) is 18.7 Å². The minimum atomic E-state index is -0.138. The molecule has 2 aromatic rings. The number of hydrogen-bond donors (Lipinski definition) is 1. The van der Waals surface area contributed by atoms with Crippen molar-refractivity contribution in [3.63, 3.8) is 0 Å². The molecule has 0 saturated heterocycles. The number of benzene rings is 1. The first-order valence-electron chi connectivity index (χ1n) is 6.37. The van der Waals surface area contributed by atoms with Crippen LogP contribution in [-0.2, 0) is 0 Å². The molecule has 1 heterocycles. The van der Waals surface area contributed by atoms with Crippen LogP contribution in [0.4, 0.5) is 0 Å². The second-order valence-corrected chi connectivity index (χ2v) is 4.35. The van der Waals surface area contributed by atoms with Gasteiger partial charge in [0, 0.05) is 35.8 Å². The Hall–Kier alpha value is -2.79. The maximum Gasteiger partial charge on any atom is 0.254 e. The number of nitriles is 2. The number of carbonyl (C=O) groups is 1. The number of fused-ring (bicyclic) bond motifs is 1. The van der Waals surface area contributed by atoms with E-state index in [2.05, 4.69) is 4.98 Å². The second-order valence-electron chi connectivity index (χ2n) is 4.35. The van der Waals surface area contributed by atoms with Gasteiger partial charge in [-0.05, 0) is 18.2 Å². The molecule has 0 aliphatic rings. The van der Waals surface area contributed by atoms with Crippen molar-refractivity contribution in [1.82, 2.24) is 9.88 Å². The summed E-state index contributed by atoms with van der Waals surface area (Å²) in [7, 11) is 0. The number of aromatic amines is 1. The lowest BCUT2D eigenvalue weighted by Crippen LogP contribution is -2.32. The van der Waals surface area contributed by atoms with Gasteiger partial charge in [-0.3, -0.25) is 4.79 Å². The Balaban J connectivity index is 2.28. The number of H-pyrrole nitrogens is 1. The molecule has 2 rings (SSSR count). The summed E-state index contributed by atoms with van der Waals surface area (Å²) in [4.78, 5) is 17.2. The van der Waals surface area contributed by atoms with Gasteiger partial charge in [-0.15, -0.1) is 0 Å². The molecule has 0 saturated carbocycles. The third kappa shape index (κ3) is 2.78. The predicted molar refractivity (Wildman–Crippen MR) is 74.7 cm³/mol. The summed E-state index contributed by atoms with van der Waals surface area (Å²) in [5.74, 6) is -0.138. The highest BCUT2D eigenvalue weighted by atomic mass is 16.2. The average molecular weight is 266 g/mol. The van der Waals surface area contributed by atoms with Crippen LogP contribution in [-0.4, -0.2) is 28.9 Å². The molecule has 0 fully saturated rings. The fourth-order valence-electron chi connectivity index (χ4n) is 2.13. The molecule has 5 heteroatoms. The van der Waals surface area contributed by atoms with Crippen molar-refractivity contribution in [2.75, 3.05) is 13.1 Å². The minimum Gasteiger partial charge on any atom is -0.361 e. The van der Waals surface area contributed by atoms with Crippen molar-refractivity contribution in [3.05, 3.63) is 36.0 Å². The van der Waals surface area contributed by atoms with Gasteiger partial charge < -0.3 is 9.88 Å². The summed E-state index contributed by atoms with van der Waals surface area (Å²) in [6.07, 6.45) is 2.32. The van der Waals surface area contributed by atoms with Gasteiger partial charge in [-0.25, -0.2) is 0 Å². The van der Waals surface area contributed by atoms with Crippen LogP contribution in [0.3, 0.4) is 0 Å². The molecule has 100 valence electrons. The van der Waals surface area contributed by atoms with E-state index in [1.165, 1.54) is 0 Å². The maximum atomic E-state index is 12.6. The Bertz CT molecular complexity index is 672. The highest BCUT2D eigenvalue weighted by Crippen LogP contribution is 2.19. The van der Waals surface area contributed by atoms with Crippen LogP contribution >= 0.6 is 0 Å². The molecule has 0 aliphatic carbocycles. The van der Waals surface area contributed by atoms with Crippen molar-refractivity contribution in [1.29, 1.82) is 10.5 Å². The molecule has 20 heavy (non-hydrogen) atoms. The second kappa shape index (κ2) is 6.40. The lowest BCUT2D eigenvalue weighted by Gasteiger charge is -2.20. The Morgan fingerprint density at radius 2 is 1.85 bits per heavy atom. The smallest absolute Gasteiger partial charge is 0.254 e. The molecule has 1 aromatic carbocycles. The van der Waals surface area contributed by atoms with Gasteiger partial charge in [0.2, 0.25) is 0 Å². The predicted octanol–water partition coefficient (Wildman–Crippen LogP) is 2.44. The normalized spacial score (nSPS) is 9.90. The van der Waals surface area contributed by atoms with Crippen LogP contribution < -0.4 is 0 Å². The number of amides is 1. The van der Waals surface area contributed by atoms with E-state index in [1.807, 2.05) is 30.3 Å². The number of aromatic nitrogens is 1. The highest BCUT2D eigenvalue weighted by Gasteiger charge is 2.17. The minimum absolute atomic E-state index is 0.138. The number of rotatable bonds is 5. The van der Waals surface area contributed by atoms with Gasteiger partial charge in [-0.2, -0.15) is 10.5 Å². The molecule has 1 amide bonds. The van der Waals surface area contributed by atoms with Crippen LogP contribution in [0.5, 0.6) is 0 Å². The van der Waals surface area contributed by atoms with E-state index in [9.17, 15) is 4.79 Å². The van der Waals surface area contributed by atoms with Crippen LogP contribution in [0.2, 0.25) is 0 Å². The Kier molecular flexibility index (Phi) is 4.36. The van der Waals surface area contributed by atoms with E-state index >= 15 is 0 Å². The van der Waals surface area contributed by atoms with Gasteiger partial charge in [0.1, 0.15) is 0 Å². The quantitative estimate of drug-likeness (QED) is 0.902. The van der Waals surface area contributed by atoms with Crippen LogP contribution in [0.25, 0.3) is 10.9 Å². The zero-order valence-corrected chi connectivity index (χ0v) is 11.0. The number of hydrogen-bond acceptors (Lipinski definition) is 3. The van der Waals surface area contributed by atoms with Gasteiger partial charge in [0.05, 0.1) is 25.0 Å². The molecule has 0 atom stereocenters. The molecule has 0 aliphatic heterocycles. The van der Waals surface area contributed by atoms with Gasteiger partial charge in [0.25, 0.3) is 5.91 Å². The van der Waals surface area contributed by atoms with Crippen LogP contribution in [0.1, 0.15) is 23.2 Å². The summed E-state index contributed by atoms with van der Waals surface area (Å²) in [5, 5.41) is 18.2. The van der Waals surface area contributed by atoms with Crippen molar-refractivity contribution in [2.45, 2.75) is 12.8 Å². The van der Waals surface area contributed by atoms with Crippen molar-refractivity contribution >= 4 is 16.8 Å². The number of carbonyl (C=O) groups excluding carboxylic acids is 1. The first-order valence-corrected chi connectivity index (χ1v) is 6.37. The van der Waals surface area contributed by atoms with E-state index in [1.54, 1.807) is 17.2 Å². The summed E-state index contributed by atoms with van der Waals surface area (Å²) in [6, 6.07) is 11.4. The number of nitrogens with one attached hydrogen (secondary N) is 1. The third-order valence-electron chi connectivity index (χ3n) is 3.10. The lowest BCUT2D eigenvalue weighted by molar-refractivity contribution is 0.0764. The van der Waals surface area contributed by atoms with Gasteiger partial charge in [0.15, 0.2) is 0 Å². The summed E-state index contributed by atoms with van der Waals surface area (Å²) in [6.45, 7) is 0.690. The maximum absolute atomic E-state index is 12.6. The molecule has 0 spiro atoms. The molecule has 1 N–H and O–H groups in total. The van der Waals surface area contributed by atoms with Crippen molar-refractivity contribution in [2.24, 2.45) is 0 Å². The van der Waals surface area contributed by atoms with E-state index < -0.39 is 0 Å². The van der Waals surface area contributed by atoms with E-state index in [4.69, 9.17) is 10.5 Å². The molecule has 0 unspecified atom stereocenters. The zero-order valence-electron chi connectivity index (χ0n) is 11.0. The molecule has 0 radical (unpaired) electrons. The fraction of sp³-hybridized carbons (Fsp3) is 0.267. The molecular weight excluding hydrogens is 252 g/mol. The molecular formula is C15H14N4O. The fourth-order valence-corrected chi connectivity index (χ4v) is 2.13. The van der Waals surface area contributed by atoms with Crippen molar-refractivity contribution in [3.8, 4) is 12.1 Å². The summed E-state index contributed by atoms with van der Waals surface area (Å²) >= 11 is 0. The molecule has 5 nitrogen and oxygen atoms in total. The average Bonchev–Trinajstić information content (AvgIpc) is 2.95. The summed E-state index contributed by atoms with van der Waals surface area (Å²) < 4.78 is 0. The number of nitrogens with zero attached hydrogens (tertiary/aromatic N) is 3. The monoisotopic (exact) mass is 266 g/mol. The van der Waals surface area contributed by atoms with Crippen molar-refractivity contribution < 1.29 is 4.79 Å². The zero-order chi connectivity index (χ0) is 14.4. The SMILES string of the molecule is N#CCCN(CCC#N)C(=O)c1cccc2[nH]ccc12. The largest absolute Gasteiger partial charge is 0.361 e. The Labute approximate surface area is 117 Å². The van der Waals surface area contributed by atoms with Crippen LogP contribution in [0.15, 0.2) is 30.5 Å². The topological polar surface area (TPSA) is 83.7 Å².